The molecule has 2 amide bonds. The van der Waals surface area contributed by atoms with Gasteiger partial charge in [0.2, 0.25) is 5.91 Å². The Morgan fingerprint density at radius 3 is 2.44 bits per heavy atom. The first-order valence-electron chi connectivity index (χ1n) is 9.27. The summed E-state index contributed by atoms with van der Waals surface area (Å²) < 4.78 is 5.92. The molecule has 1 aliphatic heterocycles. The SMILES string of the molecule is O=C(NCC[C@@H]1CC[C@H](NC(=O)C2CC2)[C@@H](CO)O1)c1cc(Cl)cc(Cl)c1. The Balaban J connectivity index is 1.43. The predicted octanol–water partition coefficient (Wildman–Crippen LogP) is 2.55. The summed E-state index contributed by atoms with van der Waals surface area (Å²) in [6.07, 6.45) is 3.57. The lowest BCUT2D eigenvalue weighted by molar-refractivity contribution is -0.129. The summed E-state index contributed by atoms with van der Waals surface area (Å²) in [4.78, 5) is 24.1. The van der Waals surface area contributed by atoms with E-state index in [1.165, 1.54) is 0 Å². The lowest BCUT2D eigenvalue weighted by Crippen LogP contribution is -2.51. The monoisotopic (exact) mass is 414 g/mol. The quantitative estimate of drug-likeness (QED) is 0.639. The van der Waals surface area contributed by atoms with Crippen LogP contribution in [0.3, 0.4) is 0 Å². The van der Waals surface area contributed by atoms with Gasteiger partial charge in [-0.1, -0.05) is 23.2 Å². The number of aliphatic hydroxyl groups excluding tert-OH is 1. The van der Waals surface area contributed by atoms with E-state index in [4.69, 9.17) is 27.9 Å². The first-order chi connectivity index (χ1) is 13.0. The van der Waals surface area contributed by atoms with Crippen LogP contribution in [0.15, 0.2) is 18.2 Å². The molecule has 1 aromatic carbocycles. The van der Waals surface area contributed by atoms with Gasteiger partial charge in [0, 0.05) is 28.1 Å². The Labute approximate surface area is 168 Å². The lowest BCUT2D eigenvalue weighted by Gasteiger charge is -2.36. The summed E-state index contributed by atoms with van der Waals surface area (Å²) in [5, 5.41) is 16.2. The second kappa shape index (κ2) is 9.24. The Hall–Kier alpha value is -1.34. The van der Waals surface area contributed by atoms with E-state index in [1.807, 2.05) is 0 Å². The van der Waals surface area contributed by atoms with Crippen molar-refractivity contribution in [2.24, 2.45) is 5.92 Å². The van der Waals surface area contributed by atoms with Gasteiger partial charge in [-0.2, -0.15) is 0 Å². The van der Waals surface area contributed by atoms with Gasteiger partial charge in [0.1, 0.15) is 6.10 Å². The fourth-order valence-electron chi connectivity index (χ4n) is 3.29. The summed E-state index contributed by atoms with van der Waals surface area (Å²) in [6, 6.07) is 4.55. The maximum Gasteiger partial charge on any atom is 0.251 e. The van der Waals surface area contributed by atoms with Gasteiger partial charge in [-0.3, -0.25) is 9.59 Å². The minimum atomic E-state index is -0.408. The van der Waals surface area contributed by atoms with Crippen molar-refractivity contribution in [3.63, 3.8) is 0 Å². The Morgan fingerprint density at radius 1 is 1.11 bits per heavy atom. The average Bonchev–Trinajstić information content (AvgIpc) is 3.47. The van der Waals surface area contributed by atoms with Crippen LogP contribution in [0.2, 0.25) is 10.0 Å². The number of carbonyl (C=O) groups excluding carboxylic acids is 2. The third-order valence-electron chi connectivity index (χ3n) is 4.95. The number of aliphatic hydroxyl groups is 1. The molecule has 6 nitrogen and oxygen atoms in total. The van der Waals surface area contributed by atoms with E-state index in [1.54, 1.807) is 18.2 Å². The Bertz CT molecular complexity index is 676. The van der Waals surface area contributed by atoms with Crippen molar-refractivity contribution in [1.82, 2.24) is 10.6 Å². The van der Waals surface area contributed by atoms with Crippen molar-refractivity contribution in [3.8, 4) is 0 Å². The highest BCUT2D eigenvalue weighted by atomic mass is 35.5. The molecular formula is C19H24Cl2N2O4. The molecular weight excluding hydrogens is 391 g/mol. The summed E-state index contributed by atoms with van der Waals surface area (Å²) >= 11 is 11.8. The summed E-state index contributed by atoms with van der Waals surface area (Å²) in [5.41, 5.74) is 0.410. The van der Waals surface area contributed by atoms with Crippen LogP contribution in [-0.4, -0.2) is 48.3 Å². The van der Waals surface area contributed by atoms with Gasteiger partial charge < -0.3 is 20.5 Å². The smallest absolute Gasteiger partial charge is 0.251 e. The van der Waals surface area contributed by atoms with E-state index in [0.717, 1.165) is 25.7 Å². The molecule has 1 heterocycles. The van der Waals surface area contributed by atoms with Crippen molar-refractivity contribution in [2.45, 2.75) is 50.4 Å². The zero-order chi connectivity index (χ0) is 19.4. The topological polar surface area (TPSA) is 87.7 Å². The zero-order valence-corrected chi connectivity index (χ0v) is 16.4. The molecule has 3 N–H and O–H groups in total. The maximum absolute atomic E-state index is 12.2. The van der Waals surface area contributed by atoms with E-state index in [0.29, 0.717) is 28.6 Å². The number of ether oxygens (including phenoxy) is 1. The number of carbonyl (C=O) groups is 2. The molecule has 0 radical (unpaired) electrons. The van der Waals surface area contributed by atoms with Crippen molar-refractivity contribution in [3.05, 3.63) is 33.8 Å². The predicted molar refractivity (Wildman–Crippen MR) is 103 cm³/mol. The molecule has 0 spiro atoms. The van der Waals surface area contributed by atoms with Crippen molar-refractivity contribution >= 4 is 35.0 Å². The molecule has 1 aliphatic carbocycles. The van der Waals surface area contributed by atoms with Gasteiger partial charge in [0.15, 0.2) is 0 Å². The minimum absolute atomic E-state index is 0.0629. The van der Waals surface area contributed by atoms with Crippen LogP contribution in [-0.2, 0) is 9.53 Å². The molecule has 3 rings (SSSR count). The number of hydrogen-bond donors (Lipinski definition) is 3. The largest absolute Gasteiger partial charge is 0.394 e. The Morgan fingerprint density at radius 2 is 1.81 bits per heavy atom. The molecule has 2 fully saturated rings. The molecule has 27 heavy (non-hydrogen) atoms. The van der Waals surface area contributed by atoms with Crippen LogP contribution < -0.4 is 10.6 Å². The third-order valence-corrected chi connectivity index (χ3v) is 5.38. The lowest BCUT2D eigenvalue weighted by atomic mass is 9.97. The van der Waals surface area contributed by atoms with Crippen molar-refractivity contribution in [2.75, 3.05) is 13.2 Å². The van der Waals surface area contributed by atoms with Gasteiger partial charge >= 0.3 is 0 Å². The third kappa shape index (κ3) is 5.82. The average molecular weight is 415 g/mol. The van der Waals surface area contributed by atoms with Crippen LogP contribution in [0.1, 0.15) is 42.5 Å². The zero-order valence-electron chi connectivity index (χ0n) is 14.9. The molecule has 8 heteroatoms. The van der Waals surface area contributed by atoms with E-state index < -0.39 is 6.10 Å². The number of benzene rings is 1. The second-order valence-corrected chi connectivity index (χ2v) is 8.02. The van der Waals surface area contributed by atoms with Crippen molar-refractivity contribution in [1.29, 1.82) is 0 Å². The molecule has 1 saturated carbocycles. The normalized spacial score (nSPS) is 25.1. The second-order valence-electron chi connectivity index (χ2n) is 7.15. The highest BCUT2D eigenvalue weighted by Crippen LogP contribution is 2.30. The van der Waals surface area contributed by atoms with E-state index in [-0.39, 0.29) is 36.5 Å². The number of rotatable bonds is 7. The molecule has 148 valence electrons. The fourth-order valence-corrected chi connectivity index (χ4v) is 3.82. The van der Waals surface area contributed by atoms with Gasteiger partial charge in [0.25, 0.3) is 5.91 Å². The maximum atomic E-state index is 12.2. The van der Waals surface area contributed by atoms with Gasteiger partial charge in [-0.15, -0.1) is 0 Å². The number of hydrogen-bond acceptors (Lipinski definition) is 4. The molecule has 0 unspecified atom stereocenters. The highest BCUT2D eigenvalue weighted by Gasteiger charge is 2.36. The van der Waals surface area contributed by atoms with Gasteiger partial charge in [-0.05, 0) is 50.3 Å². The molecule has 1 aromatic rings. The molecule has 3 atom stereocenters. The number of nitrogens with one attached hydrogen (secondary N) is 2. The van der Waals surface area contributed by atoms with Crippen LogP contribution in [0.5, 0.6) is 0 Å². The first-order valence-corrected chi connectivity index (χ1v) is 10.0. The fraction of sp³-hybridized carbons (Fsp3) is 0.579. The van der Waals surface area contributed by atoms with Crippen LogP contribution in [0, 0.1) is 5.92 Å². The number of amides is 2. The first kappa shape index (κ1) is 20.4. The van der Waals surface area contributed by atoms with E-state index >= 15 is 0 Å². The summed E-state index contributed by atoms with van der Waals surface area (Å²) in [6.45, 7) is 0.296. The molecule has 0 aromatic heterocycles. The summed E-state index contributed by atoms with van der Waals surface area (Å²) in [5.74, 6) is -0.0475. The van der Waals surface area contributed by atoms with E-state index in [9.17, 15) is 14.7 Å². The summed E-state index contributed by atoms with van der Waals surface area (Å²) in [7, 11) is 0. The van der Waals surface area contributed by atoms with Gasteiger partial charge in [0.05, 0.1) is 18.8 Å². The molecule has 0 bridgehead atoms. The number of halogens is 2. The highest BCUT2D eigenvalue weighted by molar-refractivity contribution is 6.35. The van der Waals surface area contributed by atoms with Crippen molar-refractivity contribution < 1.29 is 19.4 Å². The Kier molecular flexibility index (Phi) is 6.98. The van der Waals surface area contributed by atoms with Crippen LogP contribution >= 0.6 is 23.2 Å². The van der Waals surface area contributed by atoms with Gasteiger partial charge in [-0.25, -0.2) is 0 Å². The molecule has 2 aliphatic rings. The standard InChI is InChI=1S/C19H24Cl2N2O4/c20-13-7-12(8-14(21)9-13)18(25)22-6-5-15-3-4-16(17(10-24)27-15)23-19(26)11-1-2-11/h7-9,11,15-17,24H,1-6,10H2,(H,22,25)(H,23,26)/t15-,16-,17+/m0/s1. The van der Waals surface area contributed by atoms with Crippen LogP contribution in [0.25, 0.3) is 0 Å². The van der Waals surface area contributed by atoms with E-state index in [2.05, 4.69) is 10.6 Å². The van der Waals surface area contributed by atoms with Crippen LogP contribution in [0.4, 0.5) is 0 Å². The minimum Gasteiger partial charge on any atom is -0.394 e. The molecule has 1 saturated heterocycles.